The van der Waals surface area contributed by atoms with Crippen molar-refractivity contribution in [3.63, 3.8) is 0 Å². The van der Waals surface area contributed by atoms with E-state index >= 15 is 0 Å². The number of hydrogen-bond acceptors (Lipinski definition) is 3. The highest BCUT2D eigenvalue weighted by atomic mass is 16.5. The average molecular weight is 849 g/mol. The van der Waals surface area contributed by atoms with Gasteiger partial charge in [0.1, 0.15) is 0 Å². The van der Waals surface area contributed by atoms with Crippen LogP contribution in [0.25, 0.3) is 44.1 Å². The number of carboxylic acid groups (broad SMARTS) is 1. The lowest BCUT2D eigenvalue weighted by atomic mass is 9.95. The molecule has 0 amide bonds. The Kier molecular flexibility index (Phi) is 12.6. The van der Waals surface area contributed by atoms with E-state index in [9.17, 15) is 14.7 Å². The van der Waals surface area contributed by atoms with E-state index in [0.29, 0.717) is 24.0 Å². The number of benzene rings is 8. The van der Waals surface area contributed by atoms with Crippen LogP contribution in [0.15, 0.2) is 219 Å². The molecule has 65 heavy (non-hydrogen) atoms. The summed E-state index contributed by atoms with van der Waals surface area (Å²) in [5.41, 5.74) is 14.0. The summed E-state index contributed by atoms with van der Waals surface area (Å²) in [5.74, 6) is -1.20. The van der Waals surface area contributed by atoms with E-state index in [4.69, 9.17) is 4.74 Å². The lowest BCUT2D eigenvalue weighted by Crippen LogP contribution is -2.06. The van der Waals surface area contributed by atoms with Crippen LogP contribution in [0.1, 0.15) is 54.1 Å². The SMILES string of the molecule is COC(=O)c1cc(-c2ccccc2)ccc1Cc1ccc2c(ccn2Cc2ccccc2)c1.O=C(O)c1cc(-c2ccccc2)ccc1Cc1ccc2c(ccn2Cc2ccccc2)c1. The lowest BCUT2D eigenvalue weighted by molar-refractivity contribution is 0.0598. The molecule has 8 aromatic carbocycles. The van der Waals surface area contributed by atoms with E-state index < -0.39 is 5.97 Å². The van der Waals surface area contributed by atoms with E-state index in [0.717, 1.165) is 63.0 Å². The predicted molar refractivity (Wildman–Crippen MR) is 263 cm³/mol. The molecule has 0 aliphatic heterocycles. The first kappa shape index (κ1) is 42.1. The molecule has 0 bridgehead atoms. The standard InChI is InChI=1S/C30H25NO2.C29H23NO2/c1-33-30(32)28-20-25(24-10-6-3-7-11-24)13-14-26(28)18-23-12-15-29-27(19-23)16-17-31(29)21-22-8-4-2-5-9-22;31-29(32)27-19-24(23-9-5-2-6-10-23)12-13-25(27)17-22-11-14-28-26(18-22)15-16-30(28)20-21-7-3-1-4-8-21/h2-17,19-20H,18,21H2,1H3;1-16,18-19H,17,20H2,(H,31,32). The predicted octanol–water partition coefficient (Wildman–Crippen LogP) is 13.4. The number of fused-ring (bicyclic) bond motifs is 2. The van der Waals surface area contributed by atoms with Crippen molar-refractivity contribution < 1.29 is 19.4 Å². The highest BCUT2D eigenvalue weighted by Gasteiger charge is 2.16. The minimum Gasteiger partial charge on any atom is -0.478 e. The van der Waals surface area contributed by atoms with Gasteiger partial charge in [-0.05, 0) is 128 Å². The van der Waals surface area contributed by atoms with Gasteiger partial charge in [0.05, 0.1) is 18.2 Å². The average Bonchev–Trinajstić information content (AvgIpc) is 3.95. The molecule has 2 aromatic heterocycles. The van der Waals surface area contributed by atoms with Gasteiger partial charge in [0.2, 0.25) is 0 Å². The van der Waals surface area contributed by atoms with Crippen LogP contribution in [0.2, 0.25) is 0 Å². The van der Waals surface area contributed by atoms with Gasteiger partial charge in [-0.3, -0.25) is 0 Å². The molecule has 1 N–H and O–H groups in total. The van der Waals surface area contributed by atoms with Gasteiger partial charge in [-0.15, -0.1) is 0 Å². The molecule has 0 unspecified atom stereocenters. The van der Waals surface area contributed by atoms with Crippen LogP contribution in [-0.2, 0) is 30.7 Å². The lowest BCUT2D eigenvalue weighted by Gasteiger charge is -2.12. The number of methoxy groups -OCH3 is 1. The maximum atomic E-state index is 12.6. The van der Waals surface area contributed by atoms with Gasteiger partial charge < -0.3 is 19.0 Å². The zero-order valence-electron chi connectivity index (χ0n) is 36.2. The summed E-state index contributed by atoms with van der Waals surface area (Å²) in [7, 11) is 1.43. The Balaban J connectivity index is 0.000000164. The van der Waals surface area contributed by atoms with E-state index in [1.54, 1.807) is 6.07 Å². The molecule has 0 spiro atoms. The third-order valence-corrected chi connectivity index (χ3v) is 11.9. The Bertz CT molecular complexity index is 3230. The van der Waals surface area contributed by atoms with Crippen LogP contribution in [0, 0.1) is 0 Å². The van der Waals surface area contributed by atoms with Crippen LogP contribution >= 0.6 is 0 Å². The number of ether oxygens (including phenoxy) is 1. The van der Waals surface area contributed by atoms with Crippen molar-refractivity contribution in [3.8, 4) is 22.3 Å². The Morgan fingerprint density at radius 2 is 0.846 bits per heavy atom. The summed E-state index contributed by atoms with van der Waals surface area (Å²) >= 11 is 0. The van der Waals surface area contributed by atoms with Crippen LogP contribution in [0.3, 0.4) is 0 Å². The molecular weight excluding hydrogens is 801 g/mol. The first-order valence-electron chi connectivity index (χ1n) is 21.8. The van der Waals surface area contributed by atoms with Crippen molar-refractivity contribution in [3.05, 3.63) is 263 Å². The smallest absolute Gasteiger partial charge is 0.338 e. The Hall–Kier alpha value is -8.22. The van der Waals surface area contributed by atoms with Crippen molar-refractivity contribution in [2.24, 2.45) is 0 Å². The molecule has 0 aliphatic rings. The number of aromatic nitrogens is 2. The molecule has 0 saturated heterocycles. The zero-order chi connectivity index (χ0) is 44.5. The highest BCUT2D eigenvalue weighted by Crippen LogP contribution is 2.28. The van der Waals surface area contributed by atoms with Crippen LogP contribution < -0.4 is 0 Å². The summed E-state index contributed by atoms with van der Waals surface area (Å²) in [6.45, 7) is 1.67. The molecule has 0 fully saturated rings. The van der Waals surface area contributed by atoms with Crippen molar-refractivity contribution in [1.82, 2.24) is 9.13 Å². The van der Waals surface area contributed by atoms with Gasteiger partial charge in [-0.1, -0.05) is 158 Å². The molecule has 0 saturated carbocycles. The molecule has 10 aromatic rings. The summed E-state index contributed by atoms with van der Waals surface area (Å²) in [5, 5.41) is 12.2. The first-order valence-corrected chi connectivity index (χ1v) is 21.8. The van der Waals surface area contributed by atoms with Gasteiger partial charge in [-0.2, -0.15) is 0 Å². The van der Waals surface area contributed by atoms with Crippen molar-refractivity contribution in [2.45, 2.75) is 25.9 Å². The molecule has 318 valence electrons. The summed E-state index contributed by atoms with van der Waals surface area (Å²) in [4.78, 5) is 24.6. The fourth-order valence-electron chi connectivity index (χ4n) is 8.58. The fourth-order valence-corrected chi connectivity index (χ4v) is 8.58. The quantitative estimate of drug-likeness (QED) is 0.124. The van der Waals surface area contributed by atoms with Gasteiger partial charge in [0.15, 0.2) is 0 Å². The van der Waals surface area contributed by atoms with Crippen molar-refractivity contribution in [2.75, 3.05) is 7.11 Å². The Morgan fingerprint density at radius 1 is 0.431 bits per heavy atom. The molecule has 0 atom stereocenters. The Morgan fingerprint density at radius 3 is 1.28 bits per heavy atom. The minimum atomic E-state index is -0.895. The molecule has 6 heteroatoms. The minimum absolute atomic E-state index is 0.308. The van der Waals surface area contributed by atoms with Crippen molar-refractivity contribution in [1.29, 1.82) is 0 Å². The third-order valence-electron chi connectivity index (χ3n) is 11.9. The fraction of sp³-hybridized carbons (Fsp3) is 0.0847. The molecule has 2 heterocycles. The number of rotatable bonds is 12. The monoisotopic (exact) mass is 848 g/mol. The maximum absolute atomic E-state index is 12.6. The van der Waals surface area contributed by atoms with Crippen molar-refractivity contribution >= 4 is 33.7 Å². The van der Waals surface area contributed by atoms with E-state index in [2.05, 4.69) is 125 Å². The van der Waals surface area contributed by atoms with Gasteiger partial charge in [0.25, 0.3) is 0 Å². The third kappa shape index (κ3) is 9.88. The number of aromatic carboxylic acids is 1. The van der Waals surface area contributed by atoms with Gasteiger partial charge >= 0.3 is 11.9 Å². The maximum Gasteiger partial charge on any atom is 0.338 e. The molecular formula is C59H48N2O4. The molecule has 0 aliphatic carbocycles. The van der Waals surface area contributed by atoms with E-state index in [-0.39, 0.29) is 5.97 Å². The van der Waals surface area contributed by atoms with Crippen LogP contribution in [0.4, 0.5) is 0 Å². The first-order chi connectivity index (χ1) is 31.9. The second kappa shape index (κ2) is 19.4. The summed E-state index contributed by atoms with van der Waals surface area (Å²) in [6.07, 6.45) is 5.49. The Labute approximate surface area is 379 Å². The zero-order valence-corrected chi connectivity index (χ0v) is 36.2. The van der Waals surface area contributed by atoms with E-state index in [1.807, 2.05) is 97.1 Å². The number of nitrogens with zero attached hydrogens (tertiary/aromatic N) is 2. The number of esters is 1. The molecule has 0 radical (unpaired) electrons. The number of carboxylic acids is 1. The number of carbonyl (C=O) groups is 2. The number of carbonyl (C=O) groups excluding carboxylic acids is 1. The second-order valence-corrected chi connectivity index (χ2v) is 16.3. The summed E-state index contributed by atoms with van der Waals surface area (Å²) in [6, 6.07) is 69.8. The molecule has 6 nitrogen and oxygen atoms in total. The molecule has 10 rings (SSSR count). The second-order valence-electron chi connectivity index (χ2n) is 16.3. The number of hydrogen-bond donors (Lipinski definition) is 1. The van der Waals surface area contributed by atoms with Crippen LogP contribution in [0.5, 0.6) is 0 Å². The van der Waals surface area contributed by atoms with Crippen LogP contribution in [-0.4, -0.2) is 33.3 Å². The van der Waals surface area contributed by atoms with Gasteiger partial charge in [-0.25, -0.2) is 9.59 Å². The highest BCUT2D eigenvalue weighted by molar-refractivity contribution is 5.93. The normalized spacial score (nSPS) is 11.0. The van der Waals surface area contributed by atoms with Gasteiger partial charge in [0, 0.05) is 36.5 Å². The largest absolute Gasteiger partial charge is 0.478 e. The van der Waals surface area contributed by atoms with E-state index in [1.165, 1.54) is 34.7 Å². The summed E-state index contributed by atoms with van der Waals surface area (Å²) < 4.78 is 9.60. The topological polar surface area (TPSA) is 73.5 Å².